The lowest BCUT2D eigenvalue weighted by Crippen LogP contribution is -2.46. The maximum Gasteiger partial charge on any atom is 0.279 e. The minimum Gasteiger partial charge on any atom is -0.386 e. The van der Waals surface area contributed by atoms with Gasteiger partial charge in [0.15, 0.2) is 11.9 Å². The average Bonchev–Trinajstić information content (AvgIpc) is 3.35. The van der Waals surface area contributed by atoms with Gasteiger partial charge in [0.2, 0.25) is 0 Å². The number of halogens is 3. The summed E-state index contributed by atoms with van der Waals surface area (Å²) in [4.78, 5) is 11.1. The van der Waals surface area contributed by atoms with Crippen LogP contribution in [-0.2, 0) is 15.0 Å². The molecule has 0 amide bonds. The van der Waals surface area contributed by atoms with E-state index in [4.69, 9.17) is 4.84 Å². The molecule has 1 N–H and O–H groups in total. The molecule has 8 nitrogen and oxygen atoms in total. The first kappa shape index (κ1) is 23.5. The summed E-state index contributed by atoms with van der Waals surface area (Å²) < 4.78 is 69.8. The molecule has 178 valence electrons. The number of benzene rings is 1. The molecule has 1 aromatic heterocycles. The lowest BCUT2D eigenvalue weighted by Gasteiger charge is -2.19. The second kappa shape index (κ2) is 8.92. The summed E-state index contributed by atoms with van der Waals surface area (Å²) in [5.41, 5.74) is 1.91. The number of alkyl halides is 1. The molecule has 1 saturated heterocycles. The molecule has 0 bridgehead atoms. The van der Waals surface area contributed by atoms with Crippen LogP contribution in [0.1, 0.15) is 23.7 Å². The minimum absolute atomic E-state index is 0.00435. The smallest absolute Gasteiger partial charge is 0.279 e. The number of aromatic nitrogens is 1. The predicted octanol–water partition coefficient (Wildman–Crippen LogP) is 2.53. The lowest BCUT2D eigenvalue weighted by atomic mass is 9.95. The zero-order valence-electron chi connectivity index (χ0n) is 18.3. The normalized spacial score (nSPS) is 23.2. The number of likely N-dealkylation sites (tertiary alicyclic amines) is 1. The van der Waals surface area contributed by atoms with Crippen LogP contribution in [0.5, 0.6) is 0 Å². The highest BCUT2D eigenvalue weighted by atomic mass is 32.2. The van der Waals surface area contributed by atoms with E-state index in [0.29, 0.717) is 17.0 Å². The molecule has 0 saturated carbocycles. The van der Waals surface area contributed by atoms with E-state index in [9.17, 15) is 21.6 Å². The summed E-state index contributed by atoms with van der Waals surface area (Å²) in [6.07, 6.45) is -0.785. The first-order valence-electron chi connectivity index (χ1n) is 10.3. The Balaban J connectivity index is 1.52. The molecule has 0 spiro atoms. The SMILES string of the molecule is Cc1ccc(C2CC(N3C[C@H](F)[C@H](NS(=O)(=O)N(C)C)C3)=NO2)c(-c2ncc(F)cc2F)c1. The molecule has 2 aromatic rings. The zero-order valence-corrected chi connectivity index (χ0v) is 19.1. The van der Waals surface area contributed by atoms with Gasteiger partial charge >= 0.3 is 0 Å². The van der Waals surface area contributed by atoms with Gasteiger partial charge in [0.25, 0.3) is 10.2 Å². The van der Waals surface area contributed by atoms with Crippen LogP contribution in [0.15, 0.2) is 35.6 Å². The number of hydrogen-bond donors (Lipinski definition) is 1. The Labute approximate surface area is 190 Å². The van der Waals surface area contributed by atoms with Gasteiger partial charge in [-0.2, -0.15) is 17.4 Å². The Kier molecular flexibility index (Phi) is 6.34. The number of hydrogen-bond acceptors (Lipinski definition) is 6. The van der Waals surface area contributed by atoms with Crippen molar-refractivity contribution in [2.45, 2.75) is 31.7 Å². The number of amidine groups is 1. The van der Waals surface area contributed by atoms with Crippen molar-refractivity contribution in [1.82, 2.24) is 18.9 Å². The number of aryl methyl sites for hydroxylation is 1. The fraction of sp³-hybridized carbons (Fsp3) is 0.429. The molecule has 3 heterocycles. The molecule has 12 heteroatoms. The van der Waals surface area contributed by atoms with E-state index in [-0.39, 0.29) is 25.2 Å². The first-order chi connectivity index (χ1) is 15.5. The maximum atomic E-state index is 14.5. The number of oxime groups is 1. The zero-order chi connectivity index (χ0) is 23.9. The molecule has 33 heavy (non-hydrogen) atoms. The lowest BCUT2D eigenvalue weighted by molar-refractivity contribution is 0.0859. The number of pyridine rings is 1. The van der Waals surface area contributed by atoms with E-state index in [1.165, 1.54) is 14.1 Å². The van der Waals surface area contributed by atoms with Crippen molar-refractivity contribution in [1.29, 1.82) is 0 Å². The van der Waals surface area contributed by atoms with Gasteiger partial charge < -0.3 is 9.74 Å². The summed E-state index contributed by atoms with van der Waals surface area (Å²) in [5, 5.41) is 4.08. The molecule has 1 unspecified atom stereocenters. The summed E-state index contributed by atoms with van der Waals surface area (Å²) in [7, 11) is -1.06. The molecule has 3 atom stereocenters. The van der Waals surface area contributed by atoms with Crippen molar-refractivity contribution < 1.29 is 26.4 Å². The van der Waals surface area contributed by atoms with E-state index in [1.807, 2.05) is 13.0 Å². The Hall–Kier alpha value is -2.70. The molecule has 4 rings (SSSR count). The van der Waals surface area contributed by atoms with Crippen molar-refractivity contribution in [2.24, 2.45) is 5.16 Å². The average molecular weight is 484 g/mol. The molecule has 2 aliphatic heterocycles. The van der Waals surface area contributed by atoms with E-state index in [0.717, 1.165) is 22.1 Å². The topological polar surface area (TPSA) is 87.1 Å². The summed E-state index contributed by atoms with van der Waals surface area (Å²) in [6.45, 7) is 1.90. The third-order valence-electron chi connectivity index (χ3n) is 5.67. The standard InChI is InChI=1S/C21H24F3N5O3S/c1-12-4-5-14(15(6-12)21-16(23)7-13(22)9-25-21)19-8-20(26-32-19)29-10-17(24)18(11-29)27-33(30,31)28(2)3/h4-7,9,17-19,27H,8,10-11H2,1-3H3/t17-,18+,19?/m0/s1. The summed E-state index contributed by atoms with van der Waals surface area (Å²) in [5.74, 6) is -1.10. The predicted molar refractivity (Wildman–Crippen MR) is 116 cm³/mol. The molecule has 0 radical (unpaired) electrons. The van der Waals surface area contributed by atoms with Crippen molar-refractivity contribution in [3.63, 3.8) is 0 Å². The Morgan fingerprint density at radius 1 is 1.21 bits per heavy atom. The van der Waals surface area contributed by atoms with E-state index in [1.54, 1.807) is 17.0 Å². The van der Waals surface area contributed by atoms with Crippen LogP contribution in [0.25, 0.3) is 11.3 Å². The highest BCUT2D eigenvalue weighted by molar-refractivity contribution is 7.87. The highest BCUT2D eigenvalue weighted by Gasteiger charge is 2.40. The van der Waals surface area contributed by atoms with Crippen LogP contribution in [0.4, 0.5) is 13.2 Å². The molecule has 2 aliphatic rings. The number of nitrogens with zero attached hydrogens (tertiary/aromatic N) is 4. The Morgan fingerprint density at radius 3 is 2.67 bits per heavy atom. The van der Waals surface area contributed by atoms with Gasteiger partial charge in [0, 0.05) is 37.8 Å². The van der Waals surface area contributed by atoms with E-state index in [2.05, 4.69) is 14.9 Å². The van der Waals surface area contributed by atoms with Gasteiger partial charge in [0.05, 0.1) is 25.2 Å². The highest BCUT2D eigenvalue weighted by Crippen LogP contribution is 2.37. The van der Waals surface area contributed by atoms with Crippen LogP contribution in [0.2, 0.25) is 0 Å². The van der Waals surface area contributed by atoms with Gasteiger partial charge in [-0.1, -0.05) is 22.9 Å². The molecule has 1 aromatic carbocycles. The second-order valence-corrected chi connectivity index (χ2v) is 10.2. The van der Waals surface area contributed by atoms with Crippen LogP contribution in [0.3, 0.4) is 0 Å². The van der Waals surface area contributed by atoms with Gasteiger partial charge in [-0.25, -0.2) is 13.2 Å². The maximum absolute atomic E-state index is 14.5. The van der Waals surface area contributed by atoms with Crippen molar-refractivity contribution in [3.8, 4) is 11.3 Å². The second-order valence-electron chi connectivity index (χ2n) is 8.31. The Morgan fingerprint density at radius 2 is 1.97 bits per heavy atom. The molecular formula is C21H24F3N5O3S. The fourth-order valence-electron chi connectivity index (χ4n) is 3.87. The summed E-state index contributed by atoms with van der Waals surface area (Å²) in [6, 6.07) is 5.19. The van der Waals surface area contributed by atoms with Crippen molar-refractivity contribution >= 4 is 16.0 Å². The fourth-order valence-corrected chi connectivity index (χ4v) is 4.69. The van der Waals surface area contributed by atoms with Gasteiger partial charge in [-0.05, 0) is 13.0 Å². The number of rotatable bonds is 5. The molecule has 1 fully saturated rings. The molecular weight excluding hydrogens is 459 g/mol. The van der Waals surface area contributed by atoms with Crippen LogP contribution < -0.4 is 4.72 Å². The molecule has 0 aliphatic carbocycles. The van der Waals surface area contributed by atoms with Crippen LogP contribution in [0, 0.1) is 18.6 Å². The summed E-state index contributed by atoms with van der Waals surface area (Å²) >= 11 is 0. The third-order valence-corrected chi connectivity index (χ3v) is 7.23. The van der Waals surface area contributed by atoms with Crippen LogP contribution in [-0.4, -0.2) is 67.8 Å². The monoisotopic (exact) mass is 483 g/mol. The van der Waals surface area contributed by atoms with Gasteiger partial charge in [0.1, 0.15) is 23.5 Å². The quantitative estimate of drug-likeness (QED) is 0.706. The van der Waals surface area contributed by atoms with Crippen molar-refractivity contribution in [2.75, 3.05) is 27.2 Å². The first-order valence-corrected chi connectivity index (χ1v) is 11.7. The third kappa shape index (κ3) is 4.82. The van der Waals surface area contributed by atoms with E-state index < -0.39 is 40.2 Å². The van der Waals surface area contributed by atoms with Crippen LogP contribution >= 0.6 is 0 Å². The van der Waals surface area contributed by atoms with Crippen molar-refractivity contribution in [3.05, 3.63) is 53.2 Å². The minimum atomic E-state index is -3.79. The number of nitrogens with one attached hydrogen (secondary N) is 1. The largest absolute Gasteiger partial charge is 0.386 e. The van der Waals surface area contributed by atoms with E-state index >= 15 is 0 Å². The van der Waals surface area contributed by atoms with Gasteiger partial charge in [-0.3, -0.25) is 4.98 Å². The Bertz CT molecular complexity index is 1190. The van der Waals surface area contributed by atoms with Gasteiger partial charge in [-0.15, -0.1) is 0 Å².